The van der Waals surface area contributed by atoms with Gasteiger partial charge in [-0.2, -0.15) is 0 Å². The van der Waals surface area contributed by atoms with Crippen LogP contribution in [0.5, 0.6) is 5.75 Å². The predicted octanol–water partition coefficient (Wildman–Crippen LogP) is 5.31. The van der Waals surface area contributed by atoms with Crippen LogP contribution in [0.1, 0.15) is 10.6 Å². The van der Waals surface area contributed by atoms with Crippen LogP contribution < -0.4 is 15.8 Å². The van der Waals surface area contributed by atoms with Crippen LogP contribution in [-0.2, 0) is 0 Å². The second-order valence-electron chi connectivity index (χ2n) is 5.20. The van der Waals surface area contributed by atoms with Crippen molar-refractivity contribution in [1.82, 2.24) is 0 Å². The fraction of sp³-hybridized carbons (Fsp3) is 0.0556. The first-order chi connectivity index (χ1) is 12.0. The molecule has 5 nitrogen and oxygen atoms in total. The van der Waals surface area contributed by atoms with Crippen molar-refractivity contribution in [3.63, 3.8) is 0 Å². The molecule has 1 aromatic heterocycles. The molecular formula is C18H14Br2N2O3. The summed E-state index contributed by atoms with van der Waals surface area (Å²) >= 11 is 6.89. The molecule has 3 rings (SSSR count). The first-order valence-electron chi connectivity index (χ1n) is 7.28. The molecule has 3 N–H and O–H groups in total. The third-order valence-corrected chi connectivity index (χ3v) is 4.68. The molecule has 0 aliphatic heterocycles. The molecule has 0 radical (unpaired) electrons. The molecule has 0 saturated heterocycles. The van der Waals surface area contributed by atoms with Crippen LogP contribution in [0.4, 0.5) is 11.4 Å². The first-order valence-corrected chi connectivity index (χ1v) is 8.86. The van der Waals surface area contributed by atoms with Gasteiger partial charge in [-0.15, -0.1) is 0 Å². The van der Waals surface area contributed by atoms with E-state index in [1.165, 1.54) is 0 Å². The Balaban J connectivity index is 1.81. The van der Waals surface area contributed by atoms with Gasteiger partial charge in [0.15, 0.2) is 5.76 Å². The number of amides is 1. The summed E-state index contributed by atoms with van der Waals surface area (Å²) in [7, 11) is 1.55. The third-order valence-electron chi connectivity index (χ3n) is 3.53. The maximum absolute atomic E-state index is 12.4. The third kappa shape index (κ3) is 3.88. The van der Waals surface area contributed by atoms with Gasteiger partial charge in [0.1, 0.15) is 11.5 Å². The highest BCUT2D eigenvalue weighted by Gasteiger charge is 2.15. The number of benzene rings is 2. The molecule has 3 aromatic rings. The number of carbonyl (C=O) groups is 1. The summed E-state index contributed by atoms with van der Waals surface area (Å²) in [6.45, 7) is 0. The van der Waals surface area contributed by atoms with Crippen molar-refractivity contribution < 1.29 is 13.9 Å². The van der Waals surface area contributed by atoms with E-state index in [4.69, 9.17) is 14.9 Å². The van der Waals surface area contributed by atoms with Crippen molar-refractivity contribution >= 4 is 49.1 Å². The van der Waals surface area contributed by atoms with E-state index in [0.29, 0.717) is 22.9 Å². The summed E-state index contributed by atoms with van der Waals surface area (Å²) in [4.78, 5) is 12.4. The van der Waals surface area contributed by atoms with Gasteiger partial charge in [-0.1, -0.05) is 15.9 Å². The molecule has 2 aromatic carbocycles. The van der Waals surface area contributed by atoms with E-state index in [9.17, 15) is 4.79 Å². The molecule has 1 amide bonds. The number of anilines is 2. The minimum absolute atomic E-state index is 0.194. The van der Waals surface area contributed by atoms with Crippen LogP contribution in [0.2, 0.25) is 0 Å². The summed E-state index contributed by atoms with van der Waals surface area (Å²) < 4.78 is 12.6. The number of furan rings is 1. The van der Waals surface area contributed by atoms with Crippen molar-refractivity contribution in [2.45, 2.75) is 0 Å². The van der Waals surface area contributed by atoms with Gasteiger partial charge in [-0.25, -0.2) is 0 Å². The van der Waals surface area contributed by atoms with E-state index >= 15 is 0 Å². The molecule has 0 aliphatic carbocycles. The molecule has 0 spiro atoms. The Hall–Kier alpha value is -2.25. The van der Waals surface area contributed by atoms with Crippen molar-refractivity contribution in [2.24, 2.45) is 0 Å². The lowest BCUT2D eigenvalue weighted by Gasteiger charge is -2.08. The van der Waals surface area contributed by atoms with E-state index in [0.717, 1.165) is 14.5 Å². The highest BCUT2D eigenvalue weighted by atomic mass is 79.9. The minimum atomic E-state index is -0.378. The molecule has 0 fully saturated rings. The smallest absolute Gasteiger partial charge is 0.291 e. The van der Waals surface area contributed by atoms with Crippen molar-refractivity contribution in [1.29, 1.82) is 0 Å². The van der Waals surface area contributed by atoms with Crippen molar-refractivity contribution in [3.05, 3.63) is 63.2 Å². The van der Waals surface area contributed by atoms with Gasteiger partial charge in [0.2, 0.25) is 0 Å². The molecule has 0 atom stereocenters. The molecule has 25 heavy (non-hydrogen) atoms. The SMILES string of the molecule is COc1ccc(NC(=O)c2ccc(-c3ccc(Br)cc3Br)o2)c(N)c1. The lowest BCUT2D eigenvalue weighted by molar-refractivity contribution is 0.0997. The largest absolute Gasteiger partial charge is 0.497 e. The second-order valence-corrected chi connectivity index (χ2v) is 6.97. The molecule has 0 aliphatic rings. The van der Waals surface area contributed by atoms with Crippen LogP contribution in [0, 0.1) is 0 Å². The Morgan fingerprint density at radius 2 is 1.92 bits per heavy atom. The Labute approximate surface area is 161 Å². The maximum Gasteiger partial charge on any atom is 0.291 e. The quantitative estimate of drug-likeness (QED) is 0.511. The fourth-order valence-electron chi connectivity index (χ4n) is 2.26. The number of carbonyl (C=O) groups excluding carboxylic acids is 1. The molecule has 7 heteroatoms. The summed E-state index contributed by atoms with van der Waals surface area (Å²) in [5, 5.41) is 2.73. The number of hydrogen-bond donors (Lipinski definition) is 2. The number of hydrogen-bond acceptors (Lipinski definition) is 4. The van der Waals surface area contributed by atoms with Crippen LogP contribution in [0.3, 0.4) is 0 Å². The zero-order valence-electron chi connectivity index (χ0n) is 13.2. The fourth-order valence-corrected chi connectivity index (χ4v) is 3.50. The Bertz CT molecular complexity index is 938. The van der Waals surface area contributed by atoms with E-state index in [-0.39, 0.29) is 11.7 Å². The Kier molecular flexibility index (Phi) is 5.15. The highest BCUT2D eigenvalue weighted by molar-refractivity contribution is 9.11. The number of methoxy groups -OCH3 is 1. The first kappa shape index (κ1) is 17.6. The number of halogens is 2. The normalized spacial score (nSPS) is 10.5. The van der Waals surface area contributed by atoms with Crippen LogP contribution in [0.15, 0.2) is 61.9 Å². The van der Waals surface area contributed by atoms with E-state index in [1.807, 2.05) is 18.2 Å². The molecule has 0 unspecified atom stereocenters. The average Bonchev–Trinajstić information content (AvgIpc) is 3.06. The lowest BCUT2D eigenvalue weighted by Crippen LogP contribution is -2.12. The molecule has 128 valence electrons. The Morgan fingerprint density at radius 1 is 1.12 bits per heavy atom. The maximum atomic E-state index is 12.4. The topological polar surface area (TPSA) is 77.5 Å². The van der Waals surface area contributed by atoms with Gasteiger partial charge in [0.25, 0.3) is 5.91 Å². The standard InChI is InChI=1S/C18H14Br2N2O3/c1-24-11-3-5-15(14(21)9-11)22-18(23)17-7-6-16(25-17)12-4-2-10(19)8-13(12)20/h2-9H,21H2,1H3,(H,22,23). The summed E-state index contributed by atoms with van der Waals surface area (Å²) in [5.41, 5.74) is 7.68. The summed E-state index contributed by atoms with van der Waals surface area (Å²) in [6.07, 6.45) is 0. The highest BCUT2D eigenvalue weighted by Crippen LogP contribution is 2.32. The monoisotopic (exact) mass is 464 g/mol. The lowest BCUT2D eigenvalue weighted by atomic mass is 10.2. The minimum Gasteiger partial charge on any atom is -0.497 e. The van der Waals surface area contributed by atoms with Crippen molar-refractivity contribution in [2.75, 3.05) is 18.2 Å². The zero-order chi connectivity index (χ0) is 18.0. The van der Waals surface area contributed by atoms with Crippen molar-refractivity contribution in [3.8, 4) is 17.1 Å². The summed E-state index contributed by atoms with van der Waals surface area (Å²) in [5.74, 6) is 1.03. The molecule has 0 bridgehead atoms. The number of nitrogens with one attached hydrogen (secondary N) is 1. The number of rotatable bonds is 4. The van der Waals surface area contributed by atoms with Gasteiger partial charge >= 0.3 is 0 Å². The van der Waals surface area contributed by atoms with Crippen LogP contribution >= 0.6 is 31.9 Å². The van der Waals surface area contributed by atoms with Crippen LogP contribution in [-0.4, -0.2) is 13.0 Å². The molecule has 1 heterocycles. The number of nitrogens with two attached hydrogens (primary N) is 1. The van der Waals surface area contributed by atoms with E-state index < -0.39 is 0 Å². The van der Waals surface area contributed by atoms with Gasteiger partial charge in [0.05, 0.1) is 18.5 Å². The summed E-state index contributed by atoms with van der Waals surface area (Å²) in [6, 6.07) is 14.1. The van der Waals surface area contributed by atoms with Gasteiger partial charge in [-0.3, -0.25) is 4.79 Å². The van der Waals surface area contributed by atoms with E-state index in [1.54, 1.807) is 37.4 Å². The van der Waals surface area contributed by atoms with Gasteiger partial charge in [0, 0.05) is 20.6 Å². The predicted molar refractivity (Wildman–Crippen MR) is 105 cm³/mol. The van der Waals surface area contributed by atoms with Gasteiger partial charge < -0.3 is 20.2 Å². The Morgan fingerprint density at radius 3 is 2.60 bits per heavy atom. The molecular weight excluding hydrogens is 452 g/mol. The average molecular weight is 466 g/mol. The number of ether oxygens (including phenoxy) is 1. The second kappa shape index (κ2) is 7.33. The molecule has 0 saturated carbocycles. The van der Waals surface area contributed by atoms with Crippen LogP contribution in [0.25, 0.3) is 11.3 Å². The zero-order valence-corrected chi connectivity index (χ0v) is 16.3. The van der Waals surface area contributed by atoms with Gasteiger partial charge in [-0.05, 0) is 58.4 Å². The number of nitrogen functional groups attached to an aromatic ring is 1. The van der Waals surface area contributed by atoms with E-state index in [2.05, 4.69) is 37.2 Å².